The van der Waals surface area contributed by atoms with E-state index in [0.717, 1.165) is 17.8 Å². The van der Waals surface area contributed by atoms with E-state index in [1.165, 1.54) is 0 Å². The van der Waals surface area contributed by atoms with E-state index < -0.39 is 0 Å². The molecule has 0 bridgehead atoms. The van der Waals surface area contributed by atoms with E-state index in [4.69, 9.17) is 5.73 Å². The highest BCUT2D eigenvalue weighted by molar-refractivity contribution is 5.77. The van der Waals surface area contributed by atoms with Crippen molar-refractivity contribution in [3.05, 3.63) is 29.8 Å². The summed E-state index contributed by atoms with van der Waals surface area (Å²) < 4.78 is 0. The van der Waals surface area contributed by atoms with E-state index >= 15 is 0 Å². The number of nitrogens with one attached hydrogen (secondary N) is 1. The molecule has 0 heterocycles. The molecule has 1 amide bonds. The number of nitrogens with two attached hydrogens (primary N) is 1. The van der Waals surface area contributed by atoms with Gasteiger partial charge in [0.15, 0.2) is 0 Å². The SMILES string of the molecule is CC(C)CNC(=O)CN(C)Cc1ccccc1N. The van der Waals surface area contributed by atoms with Crippen LogP contribution >= 0.6 is 0 Å². The largest absolute Gasteiger partial charge is 0.398 e. The van der Waals surface area contributed by atoms with Gasteiger partial charge in [0.2, 0.25) is 5.91 Å². The van der Waals surface area contributed by atoms with Crippen molar-refractivity contribution in [2.45, 2.75) is 20.4 Å². The molecular weight excluding hydrogens is 226 g/mol. The van der Waals surface area contributed by atoms with E-state index in [-0.39, 0.29) is 5.91 Å². The molecule has 1 rings (SSSR count). The number of carbonyl (C=O) groups excluding carboxylic acids is 1. The van der Waals surface area contributed by atoms with Crippen LogP contribution < -0.4 is 11.1 Å². The monoisotopic (exact) mass is 249 g/mol. The third-order valence-electron chi connectivity index (χ3n) is 2.62. The molecule has 0 aliphatic heterocycles. The summed E-state index contributed by atoms with van der Waals surface area (Å²) in [6.07, 6.45) is 0. The Morgan fingerprint density at radius 3 is 2.67 bits per heavy atom. The molecule has 0 aromatic heterocycles. The molecule has 0 unspecified atom stereocenters. The fourth-order valence-electron chi connectivity index (χ4n) is 1.64. The number of para-hydroxylation sites is 1. The van der Waals surface area contributed by atoms with Crippen LogP contribution in [0.3, 0.4) is 0 Å². The quantitative estimate of drug-likeness (QED) is 0.751. The van der Waals surface area contributed by atoms with Crippen LogP contribution in [0.4, 0.5) is 5.69 Å². The Morgan fingerprint density at radius 2 is 2.06 bits per heavy atom. The summed E-state index contributed by atoms with van der Waals surface area (Å²) in [5, 5.41) is 2.90. The van der Waals surface area contributed by atoms with Gasteiger partial charge >= 0.3 is 0 Å². The Balaban J connectivity index is 2.40. The first-order valence-corrected chi connectivity index (χ1v) is 6.27. The van der Waals surface area contributed by atoms with Crippen molar-refractivity contribution in [3.8, 4) is 0 Å². The summed E-state index contributed by atoms with van der Waals surface area (Å²) in [5.74, 6) is 0.532. The van der Waals surface area contributed by atoms with Crippen LogP contribution in [0.15, 0.2) is 24.3 Å². The van der Waals surface area contributed by atoms with E-state index in [9.17, 15) is 4.79 Å². The number of nitrogen functional groups attached to an aromatic ring is 1. The van der Waals surface area contributed by atoms with Crippen LogP contribution in [0.5, 0.6) is 0 Å². The minimum absolute atomic E-state index is 0.0562. The smallest absolute Gasteiger partial charge is 0.234 e. The predicted molar refractivity (Wildman–Crippen MR) is 75.0 cm³/mol. The Labute approximate surface area is 109 Å². The van der Waals surface area contributed by atoms with E-state index in [1.54, 1.807) is 0 Å². The summed E-state index contributed by atoms with van der Waals surface area (Å²) in [7, 11) is 1.92. The number of amides is 1. The van der Waals surface area contributed by atoms with Crippen LogP contribution in [-0.2, 0) is 11.3 Å². The van der Waals surface area contributed by atoms with Gasteiger partial charge in [0.05, 0.1) is 6.54 Å². The zero-order chi connectivity index (χ0) is 13.5. The van der Waals surface area contributed by atoms with Gasteiger partial charge < -0.3 is 11.1 Å². The van der Waals surface area contributed by atoms with Gasteiger partial charge in [0.25, 0.3) is 0 Å². The summed E-state index contributed by atoms with van der Waals surface area (Å²) in [6, 6.07) is 7.73. The zero-order valence-electron chi connectivity index (χ0n) is 11.4. The number of benzene rings is 1. The Morgan fingerprint density at radius 1 is 1.39 bits per heavy atom. The normalized spacial score (nSPS) is 10.9. The molecule has 0 saturated carbocycles. The number of anilines is 1. The number of carbonyl (C=O) groups is 1. The van der Waals surface area contributed by atoms with E-state index in [2.05, 4.69) is 19.2 Å². The second kappa shape index (κ2) is 7.01. The average Bonchev–Trinajstić information content (AvgIpc) is 2.29. The minimum Gasteiger partial charge on any atom is -0.398 e. The number of hydrogen-bond donors (Lipinski definition) is 2. The molecule has 0 fully saturated rings. The molecular formula is C14H23N3O. The summed E-state index contributed by atoms with van der Waals surface area (Å²) >= 11 is 0. The van der Waals surface area contributed by atoms with Crippen molar-refractivity contribution in [3.63, 3.8) is 0 Å². The molecule has 0 aliphatic rings. The Kier molecular flexibility index (Phi) is 5.65. The average molecular weight is 249 g/mol. The summed E-state index contributed by atoms with van der Waals surface area (Å²) in [6.45, 7) is 5.95. The second-order valence-electron chi connectivity index (χ2n) is 5.07. The van der Waals surface area contributed by atoms with Gasteiger partial charge in [-0.05, 0) is 24.6 Å². The first-order valence-electron chi connectivity index (χ1n) is 6.27. The first kappa shape index (κ1) is 14.5. The van der Waals surface area contributed by atoms with Crippen molar-refractivity contribution >= 4 is 11.6 Å². The number of hydrogen-bond acceptors (Lipinski definition) is 3. The molecule has 0 aliphatic carbocycles. The highest BCUT2D eigenvalue weighted by Crippen LogP contribution is 2.12. The molecule has 0 spiro atoms. The van der Waals surface area contributed by atoms with Crippen molar-refractivity contribution in [2.24, 2.45) is 5.92 Å². The molecule has 100 valence electrons. The Hall–Kier alpha value is -1.55. The maximum absolute atomic E-state index is 11.6. The van der Waals surface area contributed by atoms with E-state index in [0.29, 0.717) is 19.0 Å². The standard InChI is InChI=1S/C14H23N3O/c1-11(2)8-16-14(18)10-17(3)9-12-6-4-5-7-13(12)15/h4-7,11H,8-10,15H2,1-3H3,(H,16,18). The zero-order valence-corrected chi connectivity index (χ0v) is 11.4. The van der Waals surface area contributed by atoms with Crippen molar-refractivity contribution < 1.29 is 4.79 Å². The van der Waals surface area contributed by atoms with Crippen LogP contribution in [0.1, 0.15) is 19.4 Å². The van der Waals surface area contributed by atoms with Crippen LogP contribution in [0.25, 0.3) is 0 Å². The molecule has 1 aromatic rings. The third-order valence-corrected chi connectivity index (χ3v) is 2.62. The maximum atomic E-state index is 11.6. The first-order chi connectivity index (χ1) is 8.49. The lowest BCUT2D eigenvalue weighted by Gasteiger charge is -2.17. The topological polar surface area (TPSA) is 58.4 Å². The van der Waals surface area contributed by atoms with Gasteiger partial charge in [-0.15, -0.1) is 0 Å². The number of rotatable bonds is 6. The minimum atomic E-state index is 0.0562. The maximum Gasteiger partial charge on any atom is 0.234 e. The van der Waals surface area contributed by atoms with Crippen molar-refractivity contribution in [2.75, 3.05) is 25.9 Å². The third kappa shape index (κ3) is 5.19. The molecule has 18 heavy (non-hydrogen) atoms. The highest BCUT2D eigenvalue weighted by Gasteiger charge is 2.08. The molecule has 1 aromatic carbocycles. The second-order valence-corrected chi connectivity index (χ2v) is 5.07. The highest BCUT2D eigenvalue weighted by atomic mass is 16.2. The molecule has 4 nitrogen and oxygen atoms in total. The number of likely N-dealkylation sites (N-methyl/N-ethyl adjacent to an activating group) is 1. The van der Waals surface area contributed by atoms with Gasteiger partial charge in [-0.1, -0.05) is 32.0 Å². The lowest BCUT2D eigenvalue weighted by molar-refractivity contribution is -0.122. The number of nitrogens with zero attached hydrogens (tertiary/aromatic N) is 1. The van der Waals surface area contributed by atoms with Gasteiger partial charge in [-0.25, -0.2) is 0 Å². The van der Waals surface area contributed by atoms with Gasteiger partial charge in [0, 0.05) is 18.8 Å². The fourth-order valence-corrected chi connectivity index (χ4v) is 1.64. The van der Waals surface area contributed by atoms with Gasteiger partial charge in [0.1, 0.15) is 0 Å². The van der Waals surface area contributed by atoms with Crippen LogP contribution in [0, 0.1) is 5.92 Å². The molecule has 0 atom stereocenters. The predicted octanol–water partition coefficient (Wildman–Crippen LogP) is 1.47. The fraction of sp³-hybridized carbons (Fsp3) is 0.500. The molecule has 0 saturated heterocycles. The summed E-state index contributed by atoms with van der Waals surface area (Å²) in [4.78, 5) is 13.6. The van der Waals surface area contributed by atoms with Crippen molar-refractivity contribution in [1.29, 1.82) is 0 Å². The lowest BCUT2D eigenvalue weighted by atomic mass is 10.2. The van der Waals surface area contributed by atoms with Gasteiger partial charge in [-0.3, -0.25) is 9.69 Å². The van der Waals surface area contributed by atoms with Crippen LogP contribution in [0.2, 0.25) is 0 Å². The molecule has 3 N–H and O–H groups in total. The Bertz CT molecular complexity index is 390. The molecule has 4 heteroatoms. The summed E-state index contributed by atoms with van der Waals surface area (Å²) in [5.41, 5.74) is 7.69. The molecule has 0 radical (unpaired) electrons. The van der Waals surface area contributed by atoms with Gasteiger partial charge in [-0.2, -0.15) is 0 Å². The van der Waals surface area contributed by atoms with Crippen LogP contribution in [-0.4, -0.2) is 30.9 Å². The van der Waals surface area contributed by atoms with E-state index in [1.807, 2.05) is 36.2 Å². The lowest BCUT2D eigenvalue weighted by Crippen LogP contribution is -2.36. The van der Waals surface area contributed by atoms with Crippen molar-refractivity contribution in [1.82, 2.24) is 10.2 Å².